The van der Waals surface area contributed by atoms with E-state index in [0.29, 0.717) is 0 Å². The van der Waals surface area contributed by atoms with Gasteiger partial charge in [-0.25, -0.2) is 4.98 Å². The first-order chi connectivity index (χ1) is 4.38. The molecule has 1 aromatic heterocycles. The van der Waals surface area contributed by atoms with Crippen LogP contribution in [-0.4, -0.2) is 15.8 Å². The molecular weight excluding hydrogens is 132 g/mol. The third kappa shape index (κ3) is 1.27. The summed E-state index contributed by atoms with van der Waals surface area (Å²) in [5.41, 5.74) is 0. The first-order valence-electron chi connectivity index (χ1n) is 2.93. The minimum absolute atomic E-state index is 1.01. The van der Waals surface area contributed by atoms with E-state index in [0.717, 1.165) is 11.7 Å². The van der Waals surface area contributed by atoms with Gasteiger partial charge in [0.2, 0.25) is 0 Å². The molecule has 0 aliphatic rings. The summed E-state index contributed by atoms with van der Waals surface area (Å²) in [5.74, 6) is 0. The van der Waals surface area contributed by atoms with Crippen LogP contribution in [0, 0.1) is 0 Å². The highest BCUT2D eigenvalue weighted by atomic mass is 32.2. The van der Waals surface area contributed by atoms with E-state index in [1.165, 1.54) is 0 Å². The Morgan fingerprint density at radius 1 is 1.78 bits per heavy atom. The molecule has 50 valence electrons. The number of hydrogen-bond acceptors (Lipinski definition) is 2. The molecule has 0 atom stereocenters. The Kier molecular flexibility index (Phi) is 2.16. The summed E-state index contributed by atoms with van der Waals surface area (Å²) in [5, 5.41) is 1.09. The zero-order valence-corrected chi connectivity index (χ0v) is 6.48. The standard InChI is InChI=1S/C6H10N2S/c1-3-8-5-4-7-6(8)9-2/h4-5H,3H2,1-2H3. The Labute approximate surface area is 59.3 Å². The summed E-state index contributed by atoms with van der Waals surface area (Å²) in [4.78, 5) is 4.13. The van der Waals surface area contributed by atoms with Gasteiger partial charge in [-0.1, -0.05) is 11.8 Å². The molecule has 0 saturated carbocycles. The molecule has 0 saturated heterocycles. The fourth-order valence-corrected chi connectivity index (χ4v) is 1.32. The Balaban J connectivity index is 2.85. The van der Waals surface area contributed by atoms with Crippen molar-refractivity contribution in [3.63, 3.8) is 0 Å². The molecule has 0 N–H and O–H groups in total. The quantitative estimate of drug-likeness (QED) is 0.584. The van der Waals surface area contributed by atoms with Crippen LogP contribution in [0.15, 0.2) is 17.6 Å². The van der Waals surface area contributed by atoms with Gasteiger partial charge in [0.1, 0.15) is 0 Å². The third-order valence-corrected chi connectivity index (χ3v) is 1.91. The van der Waals surface area contributed by atoms with E-state index in [1.54, 1.807) is 11.8 Å². The zero-order chi connectivity index (χ0) is 6.69. The van der Waals surface area contributed by atoms with Crippen LogP contribution in [0.4, 0.5) is 0 Å². The summed E-state index contributed by atoms with van der Waals surface area (Å²) < 4.78 is 2.12. The van der Waals surface area contributed by atoms with Crippen molar-refractivity contribution in [1.82, 2.24) is 9.55 Å². The lowest BCUT2D eigenvalue weighted by atomic mass is 10.7. The van der Waals surface area contributed by atoms with Crippen LogP contribution in [0.5, 0.6) is 0 Å². The van der Waals surface area contributed by atoms with Crippen LogP contribution in [0.25, 0.3) is 0 Å². The predicted molar refractivity (Wildman–Crippen MR) is 39.7 cm³/mol. The summed E-state index contributed by atoms with van der Waals surface area (Å²) in [7, 11) is 0. The van der Waals surface area contributed by atoms with Crippen molar-refractivity contribution < 1.29 is 0 Å². The number of rotatable bonds is 2. The van der Waals surface area contributed by atoms with Gasteiger partial charge in [0.25, 0.3) is 0 Å². The number of aromatic nitrogens is 2. The summed E-state index contributed by atoms with van der Waals surface area (Å²) in [6.07, 6.45) is 5.86. The van der Waals surface area contributed by atoms with Crippen molar-refractivity contribution in [3.05, 3.63) is 12.4 Å². The fourth-order valence-electron chi connectivity index (χ4n) is 0.726. The van der Waals surface area contributed by atoms with Crippen LogP contribution < -0.4 is 0 Å². The number of nitrogens with zero attached hydrogens (tertiary/aromatic N) is 2. The van der Waals surface area contributed by atoms with Crippen LogP contribution in [0.1, 0.15) is 6.92 Å². The smallest absolute Gasteiger partial charge is 0.167 e. The van der Waals surface area contributed by atoms with E-state index in [9.17, 15) is 0 Å². The molecule has 0 bridgehead atoms. The Bertz CT molecular complexity index is 164. The highest BCUT2D eigenvalue weighted by molar-refractivity contribution is 7.98. The normalized spacial score (nSPS) is 10.0. The monoisotopic (exact) mass is 142 g/mol. The largest absolute Gasteiger partial charge is 0.326 e. The molecule has 0 aliphatic carbocycles. The van der Waals surface area contributed by atoms with Gasteiger partial charge in [-0.15, -0.1) is 0 Å². The van der Waals surface area contributed by atoms with Crippen LogP contribution in [0.3, 0.4) is 0 Å². The minimum Gasteiger partial charge on any atom is -0.326 e. The van der Waals surface area contributed by atoms with Crippen molar-refractivity contribution >= 4 is 11.8 Å². The van der Waals surface area contributed by atoms with Gasteiger partial charge in [0.15, 0.2) is 5.16 Å². The maximum atomic E-state index is 4.13. The Hall–Kier alpha value is -0.440. The lowest BCUT2D eigenvalue weighted by Crippen LogP contribution is -1.92. The topological polar surface area (TPSA) is 17.8 Å². The zero-order valence-electron chi connectivity index (χ0n) is 5.66. The SMILES string of the molecule is CCn1ccnc1SC. The van der Waals surface area contributed by atoms with Crippen molar-refractivity contribution in [2.24, 2.45) is 0 Å². The third-order valence-electron chi connectivity index (χ3n) is 1.20. The van der Waals surface area contributed by atoms with Gasteiger partial charge < -0.3 is 4.57 Å². The maximum Gasteiger partial charge on any atom is 0.167 e. The molecule has 0 spiro atoms. The molecule has 0 radical (unpaired) electrons. The second-order valence-corrected chi connectivity index (χ2v) is 2.47. The van der Waals surface area contributed by atoms with Crippen molar-refractivity contribution in [2.75, 3.05) is 6.26 Å². The summed E-state index contributed by atoms with van der Waals surface area (Å²) in [6.45, 7) is 3.12. The number of aryl methyl sites for hydroxylation is 1. The molecule has 1 aromatic rings. The summed E-state index contributed by atoms with van der Waals surface area (Å²) in [6, 6.07) is 0. The summed E-state index contributed by atoms with van der Waals surface area (Å²) >= 11 is 1.68. The van der Waals surface area contributed by atoms with Crippen LogP contribution >= 0.6 is 11.8 Å². The molecule has 1 rings (SSSR count). The molecule has 0 unspecified atom stereocenters. The van der Waals surface area contributed by atoms with Crippen LogP contribution in [-0.2, 0) is 6.54 Å². The molecule has 0 aliphatic heterocycles. The van der Waals surface area contributed by atoms with E-state index < -0.39 is 0 Å². The molecule has 2 nitrogen and oxygen atoms in total. The molecule has 0 fully saturated rings. The average Bonchev–Trinajstić information content (AvgIpc) is 2.33. The van der Waals surface area contributed by atoms with Crippen LogP contribution in [0.2, 0.25) is 0 Å². The van der Waals surface area contributed by atoms with Gasteiger partial charge in [-0.05, 0) is 13.2 Å². The first-order valence-corrected chi connectivity index (χ1v) is 4.16. The van der Waals surface area contributed by atoms with Gasteiger partial charge >= 0.3 is 0 Å². The first kappa shape index (κ1) is 6.68. The van der Waals surface area contributed by atoms with Crippen molar-refractivity contribution in [2.45, 2.75) is 18.6 Å². The number of imidazole rings is 1. The number of hydrogen-bond donors (Lipinski definition) is 0. The van der Waals surface area contributed by atoms with Crippen molar-refractivity contribution in [1.29, 1.82) is 0 Å². The van der Waals surface area contributed by atoms with E-state index in [-0.39, 0.29) is 0 Å². The average molecular weight is 142 g/mol. The lowest BCUT2D eigenvalue weighted by Gasteiger charge is -1.98. The van der Waals surface area contributed by atoms with E-state index >= 15 is 0 Å². The Morgan fingerprint density at radius 2 is 2.56 bits per heavy atom. The van der Waals surface area contributed by atoms with E-state index in [2.05, 4.69) is 16.5 Å². The second kappa shape index (κ2) is 2.92. The van der Waals surface area contributed by atoms with Crippen molar-refractivity contribution in [3.8, 4) is 0 Å². The lowest BCUT2D eigenvalue weighted by molar-refractivity contribution is 0.682. The number of thioether (sulfide) groups is 1. The second-order valence-electron chi connectivity index (χ2n) is 1.70. The molecule has 1 heterocycles. The highest BCUT2D eigenvalue weighted by Crippen LogP contribution is 2.10. The molecular formula is C6H10N2S. The van der Waals surface area contributed by atoms with Gasteiger partial charge in [0.05, 0.1) is 0 Å². The van der Waals surface area contributed by atoms with Gasteiger partial charge in [-0.3, -0.25) is 0 Å². The van der Waals surface area contributed by atoms with E-state index in [4.69, 9.17) is 0 Å². The van der Waals surface area contributed by atoms with Gasteiger partial charge in [0, 0.05) is 18.9 Å². The Morgan fingerprint density at radius 3 is 3.00 bits per heavy atom. The molecule has 9 heavy (non-hydrogen) atoms. The minimum atomic E-state index is 1.01. The maximum absolute atomic E-state index is 4.13. The van der Waals surface area contributed by atoms with Gasteiger partial charge in [-0.2, -0.15) is 0 Å². The molecule has 3 heteroatoms. The predicted octanol–water partition coefficient (Wildman–Crippen LogP) is 1.62. The molecule has 0 amide bonds. The highest BCUT2D eigenvalue weighted by Gasteiger charge is 1.94. The van der Waals surface area contributed by atoms with E-state index in [1.807, 2.05) is 18.6 Å². The molecule has 0 aromatic carbocycles. The fraction of sp³-hybridized carbons (Fsp3) is 0.500.